The van der Waals surface area contributed by atoms with Crippen molar-refractivity contribution in [1.82, 2.24) is 0 Å². The number of hydrogen-bond acceptors (Lipinski definition) is 11. The zero-order valence-corrected chi connectivity index (χ0v) is 26.5. The number of Topliss-reactive ketones (excluding diaryl/α,β-unsaturated/α-hetero) is 2. The van der Waals surface area contributed by atoms with Gasteiger partial charge in [-0.25, -0.2) is 0 Å². The highest BCUT2D eigenvalue weighted by molar-refractivity contribution is 5.91. The average molecular weight is 589 g/mol. The molecule has 0 saturated carbocycles. The van der Waals surface area contributed by atoms with Gasteiger partial charge in [-0.15, -0.1) is 0 Å². The minimum Gasteiger partial charge on any atom is -0.459 e. The highest BCUT2D eigenvalue weighted by Gasteiger charge is 2.51. The number of esters is 1. The van der Waals surface area contributed by atoms with Crippen LogP contribution in [0.15, 0.2) is 0 Å². The lowest BCUT2D eigenvalue weighted by Gasteiger charge is -2.46. The van der Waals surface area contributed by atoms with Crippen molar-refractivity contribution < 1.29 is 53.4 Å². The molecule has 0 radical (unpaired) electrons. The molecule has 0 amide bonds. The number of carbonyl (C=O) groups excluding carboxylic acids is 3. The molecule has 11 heteroatoms. The number of methoxy groups -OCH3 is 2. The van der Waals surface area contributed by atoms with Gasteiger partial charge in [-0.3, -0.25) is 14.4 Å². The van der Waals surface area contributed by atoms with E-state index in [1.165, 1.54) is 28.1 Å². The first-order valence-corrected chi connectivity index (χ1v) is 14.6. The van der Waals surface area contributed by atoms with Gasteiger partial charge in [0.25, 0.3) is 0 Å². The van der Waals surface area contributed by atoms with Crippen LogP contribution in [0.2, 0.25) is 0 Å². The second-order valence-corrected chi connectivity index (χ2v) is 12.7. The third-order valence-corrected chi connectivity index (χ3v) is 9.51. The lowest BCUT2D eigenvalue weighted by molar-refractivity contribution is -0.295. The molecule has 0 aromatic carbocycles. The molecule has 2 rings (SSSR count). The number of rotatable bonds is 5. The Bertz CT molecular complexity index is 937. The maximum atomic E-state index is 14.0. The van der Waals surface area contributed by atoms with Crippen molar-refractivity contribution in [2.75, 3.05) is 14.2 Å². The van der Waals surface area contributed by atoms with Gasteiger partial charge in [0.05, 0.1) is 29.8 Å². The fourth-order valence-electron chi connectivity index (χ4n) is 6.34. The number of aliphatic hydroxyl groups excluding tert-OH is 2. The lowest BCUT2D eigenvalue weighted by atomic mass is 9.74. The van der Waals surface area contributed by atoms with Crippen LogP contribution < -0.4 is 0 Å². The van der Waals surface area contributed by atoms with Gasteiger partial charge >= 0.3 is 5.97 Å². The highest BCUT2D eigenvalue weighted by Crippen LogP contribution is 2.38. The molecular formula is C30H52O11. The number of aliphatic hydroxyl groups is 3. The zero-order chi connectivity index (χ0) is 31.7. The van der Waals surface area contributed by atoms with Crippen molar-refractivity contribution >= 4 is 17.5 Å². The normalized spacial score (nSPS) is 47.5. The average Bonchev–Trinajstić information content (AvgIpc) is 2.93. The van der Waals surface area contributed by atoms with Crippen LogP contribution in [0.5, 0.6) is 0 Å². The first-order valence-electron chi connectivity index (χ1n) is 14.6. The molecule has 0 aliphatic carbocycles. The van der Waals surface area contributed by atoms with Gasteiger partial charge in [0.15, 0.2) is 12.1 Å². The SMILES string of the molecule is CC[C@H]1OC(=O)[C@H](C)[C@@H](O[C@H]2C[C@@](C)(OC)[C@@H](O)[C@H](C)O2)[C@H](C)C(=O)[C@](C)(OC)C[C@@H](C)C(=O)[C@H](C)[C@@H](O)[C@]1(C)O. The van der Waals surface area contributed by atoms with Crippen LogP contribution in [-0.2, 0) is 38.1 Å². The first-order chi connectivity index (χ1) is 18.8. The van der Waals surface area contributed by atoms with Gasteiger partial charge in [0.2, 0.25) is 0 Å². The highest BCUT2D eigenvalue weighted by atomic mass is 16.7. The molecule has 11 nitrogen and oxygen atoms in total. The van der Waals surface area contributed by atoms with E-state index in [1.807, 2.05) is 0 Å². The largest absolute Gasteiger partial charge is 0.459 e. The maximum Gasteiger partial charge on any atom is 0.311 e. The van der Waals surface area contributed by atoms with E-state index in [2.05, 4.69) is 0 Å². The van der Waals surface area contributed by atoms with Crippen LogP contribution in [0.3, 0.4) is 0 Å². The van der Waals surface area contributed by atoms with Crippen molar-refractivity contribution in [2.45, 2.75) is 135 Å². The van der Waals surface area contributed by atoms with Crippen LogP contribution in [0.25, 0.3) is 0 Å². The third kappa shape index (κ3) is 7.20. The van der Waals surface area contributed by atoms with E-state index < -0.39 is 83.3 Å². The second-order valence-electron chi connectivity index (χ2n) is 12.7. The van der Waals surface area contributed by atoms with Crippen molar-refractivity contribution in [1.29, 1.82) is 0 Å². The standard InChI is InChI=1S/C30H52O11/c1-12-20-30(9,36)25(33)16(3)22(31)15(2)13-28(7,37-10)24(32)17(4)23(18(5)27(35)40-20)41-21-14-29(8,38-11)26(34)19(6)39-21/h15-21,23,25-26,33-34,36H,12-14H2,1-11H3/t15-,16+,17+,18-,19+,20-,21+,23+,25-,26+,28-,29-,30-/m1/s1. The molecular weight excluding hydrogens is 536 g/mol. The number of carbonyl (C=O) groups is 3. The number of hydrogen-bond donors (Lipinski definition) is 3. The molecule has 0 aromatic heterocycles. The summed E-state index contributed by atoms with van der Waals surface area (Å²) in [4.78, 5) is 41.0. The molecule has 2 saturated heterocycles. The predicted molar refractivity (Wildman–Crippen MR) is 149 cm³/mol. The minimum absolute atomic E-state index is 0.0123. The Morgan fingerprint density at radius 1 is 0.878 bits per heavy atom. The molecule has 2 aliphatic rings. The summed E-state index contributed by atoms with van der Waals surface area (Å²) in [5.41, 5.74) is -4.37. The number of ether oxygens (including phenoxy) is 5. The molecule has 2 aliphatic heterocycles. The van der Waals surface area contributed by atoms with E-state index in [9.17, 15) is 29.7 Å². The van der Waals surface area contributed by atoms with Crippen LogP contribution in [0, 0.1) is 23.7 Å². The molecule has 41 heavy (non-hydrogen) atoms. The Morgan fingerprint density at radius 3 is 1.98 bits per heavy atom. The van der Waals surface area contributed by atoms with Crippen LogP contribution in [0.4, 0.5) is 0 Å². The molecule has 238 valence electrons. The van der Waals surface area contributed by atoms with E-state index in [0.29, 0.717) is 0 Å². The van der Waals surface area contributed by atoms with Crippen LogP contribution in [0.1, 0.15) is 81.6 Å². The minimum atomic E-state index is -1.94. The van der Waals surface area contributed by atoms with Gasteiger partial charge < -0.3 is 39.0 Å². The Kier molecular flexibility index (Phi) is 11.7. The molecule has 2 fully saturated rings. The summed E-state index contributed by atoms with van der Waals surface area (Å²) >= 11 is 0. The molecule has 13 atom stereocenters. The van der Waals surface area contributed by atoms with Crippen molar-refractivity contribution in [3.63, 3.8) is 0 Å². The number of cyclic esters (lactones) is 1. The summed E-state index contributed by atoms with van der Waals surface area (Å²) < 4.78 is 29.3. The molecule has 0 bridgehead atoms. The van der Waals surface area contributed by atoms with Crippen LogP contribution in [-0.4, -0.2) is 101 Å². The summed E-state index contributed by atoms with van der Waals surface area (Å²) in [6.07, 6.45) is -5.99. The predicted octanol–water partition coefficient (Wildman–Crippen LogP) is 2.20. The summed E-state index contributed by atoms with van der Waals surface area (Å²) in [6, 6.07) is 0. The molecule has 0 aromatic rings. The van der Waals surface area contributed by atoms with E-state index in [1.54, 1.807) is 48.5 Å². The van der Waals surface area contributed by atoms with E-state index in [0.717, 1.165) is 0 Å². The maximum absolute atomic E-state index is 14.0. The van der Waals surface area contributed by atoms with Crippen molar-refractivity contribution in [2.24, 2.45) is 23.7 Å². The van der Waals surface area contributed by atoms with Gasteiger partial charge in [-0.1, -0.05) is 27.7 Å². The fourth-order valence-corrected chi connectivity index (χ4v) is 6.34. The van der Waals surface area contributed by atoms with E-state index >= 15 is 0 Å². The Labute approximate surface area is 244 Å². The van der Waals surface area contributed by atoms with Crippen LogP contribution >= 0.6 is 0 Å². The van der Waals surface area contributed by atoms with Crippen molar-refractivity contribution in [3.05, 3.63) is 0 Å². The summed E-state index contributed by atoms with van der Waals surface area (Å²) in [5, 5.41) is 33.1. The quantitative estimate of drug-likeness (QED) is 0.404. The van der Waals surface area contributed by atoms with Crippen molar-refractivity contribution in [3.8, 4) is 0 Å². The molecule has 3 N–H and O–H groups in total. The smallest absolute Gasteiger partial charge is 0.311 e. The third-order valence-electron chi connectivity index (χ3n) is 9.51. The van der Waals surface area contributed by atoms with E-state index in [4.69, 9.17) is 23.7 Å². The second kappa shape index (κ2) is 13.4. The first kappa shape index (κ1) is 35.7. The summed E-state index contributed by atoms with van der Waals surface area (Å²) in [7, 11) is 2.86. The topological polar surface area (TPSA) is 158 Å². The zero-order valence-electron chi connectivity index (χ0n) is 26.5. The Balaban J connectivity index is 2.60. The van der Waals surface area contributed by atoms with Gasteiger partial charge in [0, 0.05) is 38.4 Å². The molecule has 0 unspecified atom stereocenters. The monoisotopic (exact) mass is 588 g/mol. The van der Waals surface area contributed by atoms with Gasteiger partial charge in [-0.2, -0.15) is 0 Å². The molecule has 2 heterocycles. The van der Waals surface area contributed by atoms with Gasteiger partial charge in [0.1, 0.15) is 29.2 Å². The summed E-state index contributed by atoms with van der Waals surface area (Å²) in [6.45, 7) is 14.4. The summed E-state index contributed by atoms with van der Waals surface area (Å²) in [5.74, 6) is -5.14. The Hall–Kier alpha value is -1.47. The van der Waals surface area contributed by atoms with Gasteiger partial charge in [-0.05, 0) is 47.5 Å². The number of ketones is 2. The fraction of sp³-hybridized carbons (Fsp3) is 0.900. The Morgan fingerprint density at radius 2 is 1.46 bits per heavy atom. The molecule has 0 spiro atoms. The lowest BCUT2D eigenvalue weighted by Crippen LogP contribution is -2.58. The van der Waals surface area contributed by atoms with E-state index in [-0.39, 0.29) is 30.8 Å².